The summed E-state index contributed by atoms with van der Waals surface area (Å²) in [6, 6.07) is 25.5. The number of hydrogen-bond acceptors (Lipinski definition) is 1. The highest BCUT2D eigenvalue weighted by Crippen LogP contribution is 2.24. The Morgan fingerprint density at radius 2 is 1.48 bits per heavy atom. The predicted molar refractivity (Wildman–Crippen MR) is 114 cm³/mol. The number of nitrogens with zero attached hydrogens (tertiary/aromatic N) is 1. The van der Waals surface area contributed by atoms with Gasteiger partial charge in [-0.15, -0.1) is 0 Å². The zero-order valence-electron chi connectivity index (χ0n) is 15.3. The summed E-state index contributed by atoms with van der Waals surface area (Å²) in [6.07, 6.45) is 7.00. The quantitative estimate of drug-likeness (QED) is 0.342. The van der Waals surface area contributed by atoms with Gasteiger partial charge < -0.3 is 4.98 Å². The number of rotatable bonds is 0. The van der Waals surface area contributed by atoms with Gasteiger partial charge in [-0.05, 0) is 54.8 Å². The van der Waals surface area contributed by atoms with E-state index in [1.807, 2.05) is 6.20 Å². The summed E-state index contributed by atoms with van der Waals surface area (Å²) < 4.78 is 0. The molecule has 0 radical (unpaired) electrons. The van der Waals surface area contributed by atoms with Gasteiger partial charge in [0.1, 0.15) is 0 Å². The molecule has 5 aromatic rings. The van der Waals surface area contributed by atoms with Crippen LogP contribution in [0.5, 0.6) is 0 Å². The maximum absolute atomic E-state index is 4.72. The second-order valence-corrected chi connectivity index (χ2v) is 7.22. The van der Waals surface area contributed by atoms with Gasteiger partial charge in [-0.1, -0.05) is 54.6 Å². The molecule has 2 nitrogen and oxygen atoms in total. The molecule has 1 N–H and O–H groups in total. The van der Waals surface area contributed by atoms with Crippen molar-refractivity contribution in [3.05, 3.63) is 90.3 Å². The van der Waals surface area contributed by atoms with Crippen molar-refractivity contribution >= 4 is 32.6 Å². The number of nitrogens with one attached hydrogen (secondary N) is 1. The molecule has 132 valence electrons. The molecule has 3 aromatic carbocycles. The van der Waals surface area contributed by atoms with Crippen molar-refractivity contribution in [2.75, 3.05) is 0 Å². The molecule has 0 aliphatic heterocycles. The smallest absolute Gasteiger partial charge is 0.0705 e. The van der Waals surface area contributed by atoms with E-state index in [-0.39, 0.29) is 0 Å². The summed E-state index contributed by atoms with van der Waals surface area (Å²) >= 11 is 0. The summed E-state index contributed by atoms with van der Waals surface area (Å²) in [4.78, 5) is 7.98. The summed E-state index contributed by atoms with van der Waals surface area (Å²) in [5.41, 5.74) is 5.18. The third-order valence-electron chi connectivity index (χ3n) is 5.45. The Labute approximate surface area is 158 Å². The van der Waals surface area contributed by atoms with Crippen LogP contribution in [-0.4, -0.2) is 9.97 Å². The monoisotopic (exact) mass is 350 g/mol. The van der Waals surface area contributed by atoms with Crippen molar-refractivity contribution in [2.24, 2.45) is 0 Å². The average Bonchev–Trinajstić information content (AvgIpc) is 3.22. The molecule has 2 heterocycles. The van der Waals surface area contributed by atoms with Gasteiger partial charge in [-0.25, -0.2) is 0 Å². The molecule has 1 aliphatic carbocycles. The Balaban J connectivity index is 0.000000119. The van der Waals surface area contributed by atoms with Gasteiger partial charge >= 0.3 is 0 Å². The van der Waals surface area contributed by atoms with Crippen LogP contribution in [0, 0.1) is 0 Å². The van der Waals surface area contributed by atoms with Crippen LogP contribution in [0.4, 0.5) is 0 Å². The van der Waals surface area contributed by atoms with Gasteiger partial charge in [0, 0.05) is 28.0 Å². The zero-order valence-corrected chi connectivity index (χ0v) is 15.3. The number of aromatic amines is 1. The van der Waals surface area contributed by atoms with E-state index in [0.29, 0.717) is 0 Å². The number of hydrogen-bond donors (Lipinski definition) is 1. The lowest BCUT2D eigenvalue weighted by Crippen LogP contribution is -2.04. The Morgan fingerprint density at radius 3 is 2.44 bits per heavy atom. The minimum Gasteiger partial charge on any atom is -0.361 e. The predicted octanol–water partition coefficient (Wildman–Crippen LogP) is 6.43. The second-order valence-electron chi connectivity index (χ2n) is 7.22. The van der Waals surface area contributed by atoms with Crippen LogP contribution in [0.25, 0.3) is 32.6 Å². The van der Waals surface area contributed by atoms with Crippen LogP contribution in [0.3, 0.4) is 0 Å². The molecule has 1 aliphatic rings. The van der Waals surface area contributed by atoms with Crippen LogP contribution < -0.4 is 0 Å². The largest absolute Gasteiger partial charge is 0.361 e. The molecule has 0 spiro atoms. The molecule has 0 amide bonds. The molecule has 0 bridgehead atoms. The standard InChI is InChI=1S/C13H13N.C12H9N/c1-3-7-12-10(5-1)9-11-6-2-4-8-13(11)14-12;1-2-4-11-9(3-1)5-6-10-7-8-13-12(10)11/h1,3,5,7,9H,2,4,6,8H2;1-8,13H. The molecule has 6 rings (SSSR count). The fourth-order valence-corrected chi connectivity index (χ4v) is 4.04. The lowest BCUT2D eigenvalue weighted by Gasteiger charge is -2.15. The summed E-state index contributed by atoms with van der Waals surface area (Å²) in [5.74, 6) is 0. The van der Waals surface area contributed by atoms with E-state index in [0.717, 1.165) is 5.52 Å². The van der Waals surface area contributed by atoms with E-state index in [1.54, 1.807) is 0 Å². The first-order valence-corrected chi connectivity index (χ1v) is 9.71. The lowest BCUT2D eigenvalue weighted by molar-refractivity contribution is 0.671. The molecule has 0 fully saturated rings. The molecule has 0 saturated heterocycles. The van der Waals surface area contributed by atoms with E-state index < -0.39 is 0 Å². The second kappa shape index (κ2) is 6.88. The van der Waals surface area contributed by atoms with Crippen molar-refractivity contribution in [1.29, 1.82) is 0 Å². The zero-order chi connectivity index (χ0) is 18.1. The normalized spacial score (nSPS) is 13.3. The summed E-state index contributed by atoms with van der Waals surface area (Å²) in [6.45, 7) is 0. The molecule has 2 heteroatoms. The number of pyridine rings is 1. The minimum atomic E-state index is 1.15. The molecule has 0 saturated carbocycles. The number of fused-ring (bicyclic) bond motifs is 5. The van der Waals surface area contributed by atoms with Crippen molar-refractivity contribution < 1.29 is 0 Å². The summed E-state index contributed by atoms with van der Waals surface area (Å²) in [7, 11) is 0. The molecule has 0 atom stereocenters. The van der Waals surface area contributed by atoms with E-state index in [1.165, 1.54) is 64.0 Å². The number of H-pyrrole nitrogens is 1. The lowest BCUT2D eigenvalue weighted by atomic mass is 9.95. The molecule has 2 aromatic heterocycles. The van der Waals surface area contributed by atoms with Crippen LogP contribution in [0.1, 0.15) is 24.1 Å². The Kier molecular flexibility index (Phi) is 4.10. The van der Waals surface area contributed by atoms with Gasteiger partial charge in [0.2, 0.25) is 0 Å². The topological polar surface area (TPSA) is 28.7 Å². The Morgan fingerprint density at radius 1 is 0.704 bits per heavy atom. The van der Waals surface area contributed by atoms with E-state index in [9.17, 15) is 0 Å². The van der Waals surface area contributed by atoms with Crippen LogP contribution in [0.15, 0.2) is 79.0 Å². The maximum Gasteiger partial charge on any atom is 0.0705 e. The number of aryl methyl sites for hydroxylation is 2. The van der Waals surface area contributed by atoms with E-state index >= 15 is 0 Å². The fourth-order valence-electron chi connectivity index (χ4n) is 4.04. The third-order valence-corrected chi connectivity index (χ3v) is 5.45. The van der Waals surface area contributed by atoms with Crippen molar-refractivity contribution in [3.63, 3.8) is 0 Å². The Bertz CT molecular complexity index is 1190. The van der Waals surface area contributed by atoms with Crippen LogP contribution in [-0.2, 0) is 12.8 Å². The number of benzene rings is 3. The third kappa shape index (κ3) is 3.08. The van der Waals surface area contributed by atoms with Gasteiger partial charge in [-0.3, -0.25) is 4.98 Å². The van der Waals surface area contributed by atoms with Crippen molar-refractivity contribution in [3.8, 4) is 0 Å². The fraction of sp³-hybridized carbons (Fsp3) is 0.160. The van der Waals surface area contributed by atoms with Gasteiger partial charge in [-0.2, -0.15) is 0 Å². The summed E-state index contributed by atoms with van der Waals surface area (Å²) in [5, 5.41) is 5.15. The van der Waals surface area contributed by atoms with Crippen molar-refractivity contribution in [2.45, 2.75) is 25.7 Å². The first-order chi connectivity index (χ1) is 13.4. The molecular weight excluding hydrogens is 328 g/mol. The average molecular weight is 350 g/mol. The molecular formula is C25H22N2. The van der Waals surface area contributed by atoms with E-state index in [4.69, 9.17) is 4.98 Å². The first kappa shape index (κ1) is 16.1. The van der Waals surface area contributed by atoms with Gasteiger partial charge in [0.15, 0.2) is 0 Å². The minimum absolute atomic E-state index is 1.15. The van der Waals surface area contributed by atoms with Crippen LogP contribution in [0.2, 0.25) is 0 Å². The maximum atomic E-state index is 4.72. The van der Waals surface area contributed by atoms with Crippen molar-refractivity contribution in [1.82, 2.24) is 9.97 Å². The SMILES string of the molecule is c1ccc2c(c1)ccc1cc[nH]c12.c1ccc2nc3c(cc2c1)CCCC3. The Hall–Kier alpha value is -3.13. The molecule has 0 unspecified atom stereocenters. The molecule has 27 heavy (non-hydrogen) atoms. The van der Waals surface area contributed by atoms with Gasteiger partial charge in [0.25, 0.3) is 0 Å². The number of aromatic nitrogens is 2. The highest BCUT2D eigenvalue weighted by molar-refractivity contribution is 6.05. The first-order valence-electron chi connectivity index (χ1n) is 9.71. The number of para-hydroxylation sites is 1. The highest BCUT2D eigenvalue weighted by atomic mass is 14.7. The highest BCUT2D eigenvalue weighted by Gasteiger charge is 2.10. The van der Waals surface area contributed by atoms with Gasteiger partial charge in [0.05, 0.1) is 11.0 Å². The van der Waals surface area contributed by atoms with Crippen LogP contribution >= 0.6 is 0 Å². The van der Waals surface area contributed by atoms with E-state index in [2.05, 4.69) is 77.8 Å².